The highest BCUT2D eigenvalue weighted by Gasteiger charge is 2.26. The first-order valence-electron chi connectivity index (χ1n) is 6.09. The van der Waals surface area contributed by atoms with Gasteiger partial charge in [0.05, 0.1) is 4.92 Å². The summed E-state index contributed by atoms with van der Waals surface area (Å²) in [5.74, 6) is -0.318. The van der Waals surface area contributed by atoms with Gasteiger partial charge >= 0.3 is 0 Å². The van der Waals surface area contributed by atoms with E-state index in [4.69, 9.17) is 5.73 Å². The van der Waals surface area contributed by atoms with Gasteiger partial charge < -0.3 is 10.6 Å². The molecule has 1 aromatic rings. The van der Waals surface area contributed by atoms with Crippen molar-refractivity contribution in [1.82, 2.24) is 9.88 Å². The summed E-state index contributed by atoms with van der Waals surface area (Å²) in [5.41, 5.74) is 5.16. The second-order valence-corrected chi connectivity index (χ2v) is 4.27. The van der Waals surface area contributed by atoms with E-state index in [1.165, 1.54) is 11.0 Å². The molecular weight excluding hydrogens is 248 g/mol. The maximum absolute atomic E-state index is 12.3. The molecule has 7 heteroatoms. The molecule has 0 aliphatic carbocycles. The highest BCUT2D eigenvalue weighted by atomic mass is 16.6. The number of aromatic nitrogens is 1. The van der Waals surface area contributed by atoms with Gasteiger partial charge in [0.25, 0.3) is 11.6 Å². The van der Waals surface area contributed by atoms with Crippen LogP contribution in [0.4, 0.5) is 11.5 Å². The van der Waals surface area contributed by atoms with Gasteiger partial charge in [-0.2, -0.15) is 0 Å². The number of nitro groups is 1. The van der Waals surface area contributed by atoms with Crippen LogP contribution in [0.25, 0.3) is 0 Å². The summed E-state index contributed by atoms with van der Waals surface area (Å²) >= 11 is 0. The van der Waals surface area contributed by atoms with E-state index >= 15 is 0 Å². The van der Waals surface area contributed by atoms with Crippen molar-refractivity contribution in [2.45, 2.75) is 32.7 Å². The SMILES string of the molecule is CCC(CC)N(C)C(=O)c1cc(N)ncc1[N+](=O)[O-]. The number of hydrogen-bond acceptors (Lipinski definition) is 5. The highest BCUT2D eigenvalue weighted by molar-refractivity contribution is 5.98. The van der Waals surface area contributed by atoms with Crippen molar-refractivity contribution in [2.24, 2.45) is 0 Å². The van der Waals surface area contributed by atoms with Gasteiger partial charge in [0, 0.05) is 13.1 Å². The molecule has 0 saturated heterocycles. The van der Waals surface area contributed by atoms with E-state index in [1.54, 1.807) is 7.05 Å². The summed E-state index contributed by atoms with van der Waals surface area (Å²) in [5, 5.41) is 10.9. The molecule has 1 heterocycles. The average molecular weight is 266 g/mol. The van der Waals surface area contributed by atoms with Crippen LogP contribution in [0.3, 0.4) is 0 Å². The third-order valence-corrected chi connectivity index (χ3v) is 3.14. The van der Waals surface area contributed by atoms with Gasteiger partial charge in [0.2, 0.25) is 0 Å². The van der Waals surface area contributed by atoms with Crippen LogP contribution in [0, 0.1) is 10.1 Å². The lowest BCUT2D eigenvalue weighted by Crippen LogP contribution is -2.36. The molecule has 1 rings (SSSR count). The van der Waals surface area contributed by atoms with E-state index in [2.05, 4.69) is 4.98 Å². The first-order valence-corrected chi connectivity index (χ1v) is 6.09. The van der Waals surface area contributed by atoms with Crippen LogP contribution in [0.5, 0.6) is 0 Å². The monoisotopic (exact) mass is 266 g/mol. The van der Waals surface area contributed by atoms with Gasteiger partial charge in [-0.3, -0.25) is 14.9 Å². The Morgan fingerprint density at radius 3 is 2.58 bits per heavy atom. The van der Waals surface area contributed by atoms with Crippen LogP contribution in [-0.4, -0.2) is 33.8 Å². The molecule has 19 heavy (non-hydrogen) atoms. The summed E-state index contributed by atoms with van der Waals surface area (Å²) in [6.45, 7) is 3.93. The normalized spacial score (nSPS) is 10.5. The molecule has 1 aromatic heterocycles. The Kier molecular flexibility index (Phi) is 4.80. The smallest absolute Gasteiger partial charge is 0.300 e. The van der Waals surface area contributed by atoms with Crippen molar-refractivity contribution >= 4 is 17.4 Å². The van der Waals surface area contributed by atoms with Gasteiger partial charge in [-0.15, -0.1) is 0 Å². The van der Waals surface area contributed by atoms with E-state index in [0.717, 1.165) is 19.0 Å². The fourth-order valence-corrected chi connectivity index (χ4v) is 1.97. The topological polar surface area (TPSA) is 102 Å². The minimum atomic E-state index is -0.625. The predicted octanol–water partition coefficient (Wildman–Crippen LogP) is 1.83. The fourth-order valence-electron chi connectivity index (χ4n) is 1.97. The second-order valence-electron chi connectivity index (χ2n) is 4.27. The maximum Gasteiger partial charge on any atom is 0.300 e. The number of hydrogen-bond donors (Lipinski definition) is 1. The summed E-state index contributed by atoms with van der Waals surface area (Å²) in [7, 11) is 1.64. The van der Waals surface area contributed by atoms with Crippen molar-refractivity contribution in [3.63, 3.8) is 0 Å². The molecule has 0 aromatic carbocycles. The van der Waals surface area contributed by atoms with Gasteiger partial charge in [-0.1, -0.05) is 13.8 Å². The van der Waals surface area contributed by atoms with Crippen LogP contribution in [-0.2, 0) is 0 Å². The molecule has 0 fully saturated rings. The zero-order valence-electron chi connectivity index (χ0n) is 11.3. The lowest BCUT2D eigenvalue weighted by Gasteiger charge is -2.26. The third-order valence-electron chi connectivity index (χ3n) is 3.14. The standard InChI is InChI=1S/C12H18N4O3/c1-4-8(5-2)15(3)12(17)9-6-11(13)14-7-10(9)16(18)19/h6-8H,4-5H2,1-3H3,(H2,13,14). The van der Waals surface area contributed by atoms with Crippen LogP contribution in [0.2, 0.25) is 0 Å². The highest BCUT2D eigenvalue weighted by Crippen LogP contribution is 2.22. The Labute approximate surface area is 111 Å². The van der Waals surface area contributed by atoms with Crippen LogP contribution < -0.4 is 5.73 Å². The molecule has 0 aliphatic rings. The Balaban J connectivity index is 3.18. The number of nitrogens with zero attached hydrogens (tertiary/aromatic N) is 3. The van der Waals surface area contributed by atoms with E-state index < -0.39 is 10.8 Å². The van der Waals surface area contributed by atoms with Crippen LogP contribution in [0.15, 0.2) is 12.3 Å². The van der Waals surface area contributed by atoms with Gasteiger partial charge in [-0.05, 0) is 18.9 Å². The zero-order chi connectivity index (χ0) is 14.6. The van der Waals surface area contributed by atoms with Gasteiger partial charge in [0.15, 0.2) is 0 Å². The largest absolute Gasteiger partial charge is 0.384 e. The van der Waals surface area contributed by atoms with E-state index in [1.807, 2.05) is 13.8 Å². The van der Waals surface area contributed by atoms with Crippen LogP contribution in [0.1, 0.15) is 37.0 Å². The average Bonchev–Trinajstić information content (AvgIpc) is 2.38. The van der Waals surface area contributed by atoms with Gasteiger partial charge in [0.1, 0.15) is 17.6 Å². The Bertz CT molecular complexity index is 486. The number of amides is 1. The van der Waals surface area contributed by atoms with E-state index in [0.29, 0.717) is 0 Å². The molecular formula is C12H18N4O3. The van der Waals surface area contributed by atoms with Crippen molar-refractivity contribution < 1.29 is 9.72 Å². The molecule has 2 N–H and O–H groups in total. The van der Waals surface area contributed by atoms with Crippen molar-refractivity contribution in [3.8, 4) is 0 Å². The number of anilines is 1. The molecule has 7 nitrogen and oxygen atoms in total. The molecule has 0 atom stereocenters. The van der Waals surface area contributed by atoms with E-state index in [-0.39, 0.29) is 23.1 Å². The first kappa shape index (κ1) is 14.9. The summed E-state index contributed by atoms with van der Waals surface area (Å²) in [4.78, 5) is 27.8. The maximum atomic E-state index is 12.3. The lowest BCUT2D eigenvalue weighted by molar-refractivity contribution is -0.385. The van der Waals surface area contributed by atoms with Crippen LogP contribution >= 0.6 is 0 Å². The van der Waals surface area contributed by atoms with Crippen molar-refractivity contribution in [3.05, 3.63) is 27.9 Å². The minimum absolute atomic E-state index is 0.0214. The summed E-state index contributed by atoms with van der Waals surface area (Å²) < 4.78 is 0. The zero-order valence-corrected chi connectivity index (χ0v) is 11.3. The Hall–Kier alpha value is -2.18. The van der Waals surface area contributed by atoms with Crippen molar-refractivity contribution in [1.29, 1.82) is 0 Å². The Morgan fingerprint density at radius 1 is 1.53 bits per heavy atom. The molecule has 104 valence electrons. The third kappa shape index (κ3) is 3.18. The molecule has 0 aliphatic heterocycles. The predicted molar refractivity (Wildman–Crippen MR) is 71.8 cm³/mol. The molecule has 0 radical (unpaired) electrons. The molecule has 0 spiro atoms. The molecule has 0 bridgehead atoms. The molecule has 0 unspecified atom stereocenters. The number of carbonyl (C=O) groups is 1. The minimum Gasteiger partial charge on any atom is -0.384 e. The Morgan fingerprint density at radius 2 is 2.11 bits per heavy atom. The number of nitrogens with two attached hydrogens (primary N) is 1. The quantitative estimate of drug-likeness (QED) is 0.647. The van der Waals surface area contributed by atoms with Gasteiger partial charge in [-0.25, -0.2) is 4.98 Å². The number of rotatable bonds is 5. The number of nitrogen functional groups attached to an aromatic ring is 1. The lowest BCUT2D eigenvalue weighted by atomic mass is 10.1. The second kappa shape index (κ2) is 6.12. The number of pyridine rings is 1. The molecule has 1 amide bonds. The number of carbonyl (C=O) groups excluding carboxylic acids is 1. The molecule has 0 saturated carbocycles. The summed E-state index contributed by atoms with van der Waals surface area (Å²) in [6, 6.07) is 1.29. The van der Waals surface area contributed by atoms with Crippen molar-refractivity contribution in [2.75, 3.05) is 12.8 Å². The van der Waals surface area contributed by atoms with E-state index in [9.17, 15) is 14.9 Å². The first-order chi connectivity index (χ1) is 8.92. The summed E-state index contributed by atoms with van der Waals surface area (Å²) in [6.07, 6.45) is 2.59. The fraction of sp³-hybridized carbons (Fsp3) is 0.500.